The fraction of sp³-hybridized carbons (Fsp3) is 0.353. The lowest BCUT2D eigenvalue weighted by atomic mass is 9.71. The van der Waals surface area contributed by atoms with E-state index < -0.39 is 22.9 Å². The summed E-state index contributed by atoms with van der Waals surface area (Å²) in [5, 5.41) is 5.95. The van der Waals surface area contributed by atoms with Gasteiger partial charge in [0.05, 0.1) is 19.5 Å². The number of methoxy groups -OCH3 is 1. The van der Waals surface area contributed by atoms with Crippen LogP contribution in [0.4, 0.5) is 4.39 Å². The van der Waals surface area contributed by atoms with E-state index in [1.807, 2.05) is 74.4 Å². The second kappa shape index (κ2) is 12.6. The van der Waals surface area contributed by atoms with Crippen molar-refractivity contribution in [1.82, 2.24) is 25.1 Å². The quantitative estimate of drug-likeness (QED) is 0.384. The molecule has 0 spiro atoms. The number of benzene rings is 2. The van der Waals surface area contributed by atoms with Crippen LogP contribution in [-0.2, 0) is 18.4 Å². The molecule has 2 N–H and O–H groups in total. The Morgan fingerprint density at radius 2 is 1.98 bits per heavy atom. The van der Waals surface area contributed by atoms with Crippen molar-refractivity contribution in [2.75, 3.05) is 20.7 Å². The molecule has 9 nitrogen and oxygen atoms in total. The SMILES string of the molecule is COc1cc(-c2cccc(C3=CC=C[C@@H](NC(=O)c4cncn(C)c4=O)C3(C)C)c2)cc(F)c1CN(C)CC1CCC(=O)N1. The largest absolute Gasteiger partial charge is 0.496 e. The summed E-state index contributed by atoms with van der Waals surface area (Å²) < 4.78 is 22.5. The Balaban J connectivity index is 1.37. The molecule has 1 aliphatic carbocycles. The lowest BCUT2D eigenvalue weighted by molar-refractivity contribution is -0.119. The number of likely N-dealkylation sites (N-methyl/N-ethyl adjacent to an activating group) is 1. The van der Waals surface area contributed by atoms with Crippen molar-refractivity contribution in [2.45, 2.75) is 45.3 Å². The van der Waals surface area contributed by atoms with Crippen molar-refractivity contribution in [3.8, 4) is 16.9 Å². The maximum absolute atomic E-state index is 15.6. The first-order valence-corrected chi connectivity index (χ1v) is 14.6. The first-order chi connectivity index (χ1) is 21.0. The van der Waals surface area contributed by atoms with E-state index in [9.17, 15) is 14.4 Å². The van der Waals surface area contributed by atoms with E-state index in [-0.39, 0.29) is 23.3 Å². The molecule has 2 aromatic carbocycles. The molecule has 0 saturated carbocycles. The molecule has 2 atom stereocenters. The molecule has 1 saturated heterocycles. The summed E-state index contributed by atoms with van der Waals surface area (Å²) >= 11 is 0. The Labute approximate surface area is 256 Å². The molecular weight excluding hydrogens is 561 g/mol. The molecule has 44 heavy (non-hydrogen) atoms. The van der Waals surface area contributed by atoms with E-state index in [2.05, 4.69) is 15.6 Å². The first-order valence-electron chi connectivity index (χ1n) is 14.6. The van der Waals surface area contributed by atoms with Gasteiger partial charge in [0, 0.05) is 49.8 Å². The van der Waals surface area contributed by atoms with Gasteiger partial charge < -0.3 is 19.9 Å². The zero-order valence-corrected chi connectivity index (χ0v) is 25.7. The third-order valence-corrected chi connectivity index (χ3v) is 8.49. The number of halogens is 1. The van der Waals surface area contributed by atoms with Crippen molar-refractivity contribution in [3.63, 3.8) is 0 Å². The van der Waals surface area contributed by atoms with Gasteiger partial charge in [0.15, 0.2) is 0 Å². The molecule has 0 radical (unpaired) electrons. The number of carbonyl (C=O) groups excluding carboxylic acids is 2. The molecule has 2 aliphatic rings. The summed E-state index contributed by atoms with van der Waals surface area (Å²) in [7, 11) is 4.99. The number of allylic oxidation sites excluding steroid dienone is 2. The fourth-order valence-corrected chi connectivity index (χ4v) is 5.97. The molecule has 5 rings (SSSR count). The first kappa shape index (κ1) is 30.9. The summed E-state index contributed by atoms with van der Waals surface area (Å²) in [6.07, 6.45) is 9.76. The monoisotopic (exact) mass is 599 g/mol. The van der Waals surface area contributed by atoms with Gasteiger partial charge in [-0.25, -0.2) is 9.37 Å². The zero-order valence-electron chi connectivity index (χ0n) is 25.7. The lowest BCUT2D eigenvalue weighted by Crippen LogP contribution is -2.46. The maximum Gasteiger partial charge on any atom is 0.265 e. The number of hydrogen-bond donors (Lipinski definition) is 2. The van der Waals surface area contributed by atoms with E-state index in [1.165, 1.54) is 30.3 Å². The number of rotatable bonds is 9. The summed E-state index contributed by atoms with van der Waals surface area (Å²) in [6, 6.07) is 10.9. The Kier molecular flexibility index (Phi) is 8.82. The smallest absolute Gasteiger partial charge is 0.265 e. The normalized spacial score (nSPS) is 19.1. The molecule has 1 fully saturated rings. The average molecular weight is 600 g/mol. The van der Waals surface area contributed by atoms with E-state index in [1.54, 1.807) is 7.05 Å². The highest BCUT2D eigenvalue weighted by Gasteiger charge is 2.36. The van der Waals surface area contributed by atoms with E-state index in [4.69, 9.17) is 4.74 Å². The maximum atomic E-state index is 15.6. The minimum absolute atomic E-state index is 0.0202. The molecule has 10 heteroatoms. The predicted octanol–water partition coefficient (Wildman–Crippen LogP) is 4.08. The third kappa shape index (κ3) is 6.35. The summed E-state index contributed by atoms with van der Waals surface area (Å²) in [6.45, 7) is 5.03. The van der Waals surface area contributed by atoms with Gasteiger partial charge >= 0.3 is 0 Å². The van der Waals surface area contributed by atoms with Gasteiger partial charge in [0.2, 0.25) is 5.91 Å². The van der Waals surface area contributed by atoms with Crippen LogP contribution in [0.2, 0.25) is 0 Å². The highest BCUT2D eigenvalue weighted by atomic mass is 19.1. The molecule has 0 bridgehead atoms. The van der Waals surface area contributed by atoms with Gasteiger partial charge in [0.25, 0.3) is 11.5 Å². The van der Waals surface area contributed by atoms with Crippen molar-refractivity contribution in [1.29, 1.82) is 0 Å². The Morgan fingerprint density at radius 1 is 1.20 bits per heavy atom. The summed E-state index contributed by atoms with van der Waals surface area (Å²) in [5.74, 6) is -0.342. The minimum atomic E-state index is -0.535. The van der Waals surface area contributed by atoms with Crippen LogP contribution in [0.25, 0.3) is 16.7 Å². The number of aryl methyl sites for hydroxylation is 1. The van der Waals surface area contributed by atoms with Crippen molar-refractivity contribution in [2.24, 2.45) is 12.5 Å². The molecule has 2 amide bonds. The molecule has 1 aliphatic heterocycles. The van der Waals surface area contributed by atoms with Gasteiger partial charge in [-0.15, -0.1) is 0 Å². The van der Waals surface area contributed by atoms with E-state index in [0.29, 0.717) is 36.4 Å². The van der Waals surface area contributed by atoms with Crippen LogP contribution in [0.3, 0.4) is 0 Å². The average Bonchev–Trinajstić information content (AvgIpc) is 3.40. The number of aromatic nitrogens is 2. The van der Waals surface area contributed by atoms with Gasteiger partial charge in [-0.1, -0.05) is 50.3 Å². The second-order valence-corrected chi connectivity index (χ2v) is 12.1. The number of amides is 2. The van der Waals surface area contributed by atoms with Gasteiger partial charge in [-0.2, -0.15) is 0 Å². The van der Waals surface area contributed by atoms with E-state index >= 15 is 4.39 Å². The van der Waals surface area contributed by atoms with Crippen molar-refractivity contribution >= 4 is 17.4 Å². The van der Waals surface area contributed by atoms with E-state index in [0.717, 1.165) is 23.1 Å². The van der Waals surface area contributed by atoms with Gasteiger partial charge in [-0.3, -0.25) is 19.3 Å². The lowest BCUT2D eigenvalue weighted by Gasteiger charge is -2.38. The highest BCUT2D eigenvalue weighted by molar-refractivity contribution is 5.94. The van der Waals surface area contributed by atoms with Crippen LogP contribution in [0.1, 0.15) is 48.2 Å². The molecule has 1 unspecified atom stereocenters. The second-order valence-electron chi connectivity index (χ2n) is 12.1. The number of carbonyl (C=O) groups is 2. The zero-order chi connectivity index (χ0) is 31.6. The summed E-state index contributed by atoms with van der Waals surface area (Å²) in [4.78, 5) is 43.1. The van der Waals surface area contributed by atoms with Crippen molar-refractivity contribution < 1.29 is 18.7 Å². The van der Waals surface area contributed by atoms with Crippen LogP contribution >= 0.6 is 0 Å². The number of nitrogens with one attached hydrogen (secondary N) is 2. The van der Waals surface area contributed by atoms with Crippen LogP contribution in [0.15, 0.2) is 71.9 Å². The van der Waals surface area contributed by atoms with Crippen molar-refractivity contribution in [3.05, 3.63) is 100 Å². The topological polar surface area (TPSA) is 106 Å². The third-order valence-electron chi connectivity index (χ3n) is 8.49. The number of ether oxygens (including phenoxy) is 1. The van der Waals surface area contributed by atoms with Gasteiger partial charge in [0.1, 0.15) is 17.1 Å². The number of hydrogen-bond acceptors (Lipinski definition) is 6. The van der Waals surface area contributed by atoms with Gasteiger partial charge in [-0.05, 0) is 53.9 Å². The molecule has 3 aromatic rings. The molecule has 2 heterocycles. The molecule has 1 aromatic heterocycles. The van der Waals surface area contributed by atoms with Crippen LogP contribution in [0.5, 0.6) is 5.75 Å². The number of nitrogens with zero attached hydrogens (tertiary/aromatic N) is 3. The Morgan fingerprint density at radius 3 is 2.70 bits per heavy atom. The van der Waals surface area contributed by atoms with Crippen LogP contribution in [-0.4, -0.2) is 59.1 Å². The predicted molar refractivity (Wildman–Crippen MR) is 168 cm³/mol. The Bertz CT molecular complexity index is 1710. The molecular formula is C34H38FN5O4. The minimum Gasteiger partial charge on any atom is -0.496 e. The Hall–Kier alpha value is -4.57. The fourth-order valence-electron chi connectivity index (χ4n) is 5.97. The highest BCUT2D eigenvalue weighted by Crippen LogP contribution is 2.42. The van der Waals surface area contributed by atoms with Crippen LogP contribution in [0, 0.1) is 11.2 Å². The van der Waals surface area contributed by atoms with Crippen LogP contribution < -0.4 is 20.9 Å². The molecule has 230 valence electrons. The standard InChI is InChI=1S/C34H38FN5O4/c1-34(2)27(10-7-11-30(34)38-32(42)25-17-36-20-40(4)33(25)43)22-9-6-8-21(14-22)23-15-28(35)26(29(16-23)44-5)19-39(3)18-24-12-13-31(41)37-24/h6-11,14-17,20,24,30H,12-13,18-19H2,1-5H3,(H,37,41)(H,38,42)/t24?,30-/m1/s1. The summed E-state index contributed by atoms with van der Waals surface area (Å²) in [5.41, 5.74) is 2.90.